The molecule has 1 fully saturated rings. The molecule has 1 aliphatic carbocycles. The van der Waals surface area contributed by atoms with E-state index in [1.165, 1.54) is 10.7 Å². The van der Waals surface area contributed by atoms with Gasteiger partial charge in [-0.1, -0.05) is 0 Å². The van der Waals surface area contributed by atoms with Crippen LogP contribution in [0.3, 0.4) is 0 Å². The van der Waals surface area contributed by atoms with E-state index < -0.39 is 29.5 Å². The lowest BCUT2D eigenvalue weighted by Crippen LogP contribution is -2.27. The summed E-state index contributed by atoms with van der Waals surface area (Å²) in [6, 6.07) is 5.25. The first-order valence-corrected chi connectivity index (χ1v) is 10.4. The Bertz CT molecular complexity index is 1470. The summed E-state index contributed by atoms with van der Waals surface area (Å²) in [4.78, 5) is 30.0. The fourth-order valence-electron chi connectivity index (χ4n) is 3.39. The SMILES string of the molecule is CNc1cc(Nc2cc(F)cn(-c3ccc(C)nn3)c2=O)nc2c(C(=O)N[C@H]3C[C@H]3F)cnn12. The summed E-state index contributed by atoms with van der Waals surface area (Å²) in [6.45, 7) is 1.74. The van der Waals surface area contributed by atoms with Gasteiger partial charge in [0.1, 0.15) is 34.9 Å². The molecular formula is C21H19F2N9O2. The number of anilines is 3. The minimum absolute atomic E-state index is 0.106. The van der Waals surface area contributed by atoms with Crippen LogP contribution in [0.15, 0.2) is 41.5 Å². The molecule has 13 heteroatoms. The van der Waals surface area contributed by atoms with Crippen LogP contribution in [0.4, 0.5) is 26.1 Å². The minimum Gasteiger partial charge on any atom is -0.373 e. The number of nitrogens with zero attached hydrogens (tertiary/aromatic N) is 6. The van der Waals surface area contributed by atoms with Crippen LogP contribution in [0.5, 0.6) is 0 Å². The summed E-state index contributed by atoms with van der Waals surface area (Å²) in [5, 5.41) is 20.3. The quantitative estimate of drug-likeness (QED) is 0.391. The summed E-state index contributed by atoms with van der Waals surface area (Å²) < 4.78 is 30.0. The number of rotatable bonds is 6. The first-order valence-electron chi connectivity index (χ1n) is 10.4. The lowest BCUT2D eigenvalue weighted by Gasteiger charge is -2.12. The molecule has 174 valence electrons. The number of alkyl halides is 1. The number of hydrogen-bond acceptors (Lipinski definition) is 8. The number of fused-ring (bicyclic) bond motifs is 1. The molecular weight excluding hydrogens is 448 g/mol. The Balaban J connectivity index is 1.53. The Morgan fingerprint density at radius 3 is 2.71 bits per heavy atom. The van der Waals surface area contributed by atoms with Crippen LogP contribution in [0.1, 0.15) is 22.5 Å². The average molecular weight is 467 g/mol. The molecule has 1 amide bonds. The maximum atomic E-state index is 14.4. The van der Waals surface area contributed by atoms with E-state index in [-0.39, 0.29) is 35.0 Å². The van der Waals surface area contributed by atoms with Crippen molar-refractivity contribution in [2.45, 2.75) is 25.6 Å². The van der Waals surface area contributed by atoms with Gasteiger partial charge in [-0.25, -0.2) is 13.8 Å². The second-order valence-corrected chi connectivity index (χ2v) is 7.81. The topological polar surface area (TPSA) is 131 Å². The largest absolute Gasteiger partial charge is 0.373 e. The normalized spacial score (nSPS) is 16.9. The molecule has 34 heavy (non-hydrogen) atoms. The second-order valence-electron chi connectivity index (χ2n) is 7.81. The minimum atomic E-state index is -1.06. The summed E-state index contributed by atoms with van der Waals surface area (Å²) in [7, 11) is 1.64. The lowest BCUT2D eigenvalue weighted by atomic mass is 10.3. The third-order valence-corrected chi connectivity index (χ3v) is 5.28. The highest BCUT2D eigenvalue weighted by molar-refractivity contribution is 6.00. The Morgan fingerprint density at radius 1 is 1.24 bits per heavy atom. The van der Waals surface area contributed by atoms with Crippen molar-refractivity contribution in [2.75, 3.05) is 17.7 Å². The van der Waals surface area contributed by atoms with Gasteiger partial charge in [-0.3, -0.25) is 14.2 Å². The van der Waals surface area contributed by atoms with Crippen LogP contribution >= 0.6 is 0 Å². The molecule has 11 nitrogen and oxygen atoms in total. The summed E-state index contributed by atoms with van der Waals surface area (Å²) >= 11 is 0. The van der Waals surface area contributed by atoms with Gasteiger partial charge in [0.15, 0.2) is 11.5 Å². The first kappa shape index (κ1) is 21.4. The monoisotopic (exact) mass is 467 g/mol. The third-order valence-electron chi connectivity index (χ3n) is 5.28. The van der Waals surface area contributed by atoms with E-state index in [9.17, 15) is 18.4 Å². The van der Waals surface area contributed by atoms with Crippen LogP contribution in [-0.4, -0.2) is 54.5 Å². The van der Waals surface area contributed by atoms with E-state index >= 15 is 0 Å². The second kappa shape index (κ2) is 8.17. The van der Waals surface area contributed by atoms with E-state index in [1.54, 1.807) is 32.2 Å². The van der Waals surface area contributed by atoms with Gasteiger partial charge in [-0.15, -0.1) is 5.10 Å². The predicted octanol–water partition coefficient (Wildman–Crippen LogP) is 1.74. The van der Waals surface area contributed by atoms with Gasteiger partial charge < -0.3 is 16.0 Å². The van der Waals surface area contributed by atoms with E-state index in [1.807, 2.05) is 0 Å². The van der Waals surface area contributed by atoms with Crippen molar-refractivity contribution in [1.82, 2.24) is 34.7 Å². The van der Waals surface area contributed by atoms with Gasteiger partial charge in [-0.05, 0) is 19.1 Å². The Labute approximate surface area is 190 Å². The van der Waals surface area contributed by atoms with Gasteiger partial charge in [0, 0.05) is 25.6 Å². The highest BCUT2D eigenvalue weighted by Crippen LogP contribution is 2.26. The number of carbonyl (C=O) groups is 1. The Hall–Kier alpha value is -4.42. The van der Waals surface area contributed by atoms with Gasteiger partial charge in [0.2, 0.25) is 0 Å². The standard InChI is InChI=1S/C21H19F2N9O2/c1-10-3-4-17(30-29-10)31-9-11(22)5-15(21(31)34)26-16-7-18(24-2)32-19(28-16)12(8-25-32)20(33)27-14-6-13(14)23/h3-5,7-9,13-14,24H,6H2,1-2H3,(H,26,28)(H,27,33)/t13-,14+/m1/s1. The molecule has 4 aromatic rings. The van der Waals surface area contributed by atoms with Gasteiger partial charge in [0.05, 0.1) is 24.1 Å². The van der Waals surface area contributed by atoms with E-state index in [4.69, 9.17) is 0 Å². The first-order chi connectivity index (χ1) is 16.3. The average Bonchev–Trinajstić information content (AvgIpc) is 3.33. The van der Waals surface area contributed by atoms with Crippen LogP contribution in [0.25, 0.3) is 11.5 Å². The van der Waals surface area contributed by atoms with Crippen molar-refractivity contribution in [3.05, 3.63) is 64.1 Å². The van der Waals surface area contributed by atoms with Crippen molar-refractivity contribution >= 4 is 28.9 Å². The van der Waals surface area contributed by atoms with Crippen LogP contribution < -0.4 is 21.5 Å². The van der Waals surface area contributed by atoms with E-state index in [0.717, 1.165) is 16.8 Å². The fraction of sp³-hybridized carbons (Fsp3) is 0.238. The molecule has 5 rings (SSSR count). The molecule has 1 aliphatic rings. The van der Waals surface area contributed by atoms with Crippen molar-refractivity contribution in [3.63, 3.8) is 0 Å². The molecule has 0 saturated heterocycles. The Kier molecular flexibility index (Phi) is 5.15. The fourth-order valence-corrected chi connectivity index (χ4v) is 3.39. The molecule has 0 bridgehead atoms. The summed E-state index contributed by atoms with van der Waals surface area (Å²) in [5.41, 5.74) is 0.259. The molecule has 0 aromatic carbocycles. The highest BCUT2D eigenvalue weighted by atomic mass is 19.1. The van der Waals surface area contributed by atoms with Crippen LogP contribution in [0.2, 0.25) is 0 Å². The molecule has 0 unspecified atom stereocenters. The highest BCUT2D eigenvalue weighted by Gasteiger charge is 2.39. The molecule has 2 atom stereocenters. The number of amides is 1. The van der Waals surface area contributed by atoms with Gasteiger partial charge >= 0.3 is 0 Å². The van der Waals surface area contributed by atoms with Crippen LogP contribution in [-0.2, 0) is 0 Å². The number of aryl methyl sites for hydroxylation is 1. The number of carbonyl (C=O) groups excluding carboxylic acids is 1. The summed E-state index contributed by atoms with van der Waals surface area (Å²) in [5.74, 6) is -0.446. The van der Waals surface area contributed by atoms with Crippen molar-refractivity contribution < 1.29 is 13.6 Å². The zero-order valence-electron chi connectivity index (χ0n) is 18.1. The van der Waals surface area contributed by atoms with Crippen molar-refractivity contribution in [2.24, 2.45) is 0 Å². The predicted molar refractivity (Wildman–Crippen MR) is 119 cm³/mol. The Morgan fingerprint density at radius 2 is 2.03 bits per heavy atom. The number of hydrogen-bond donors (Lipinski definition) is 3. The lowest BCUT2D eigenvalue weighted by molar-refractivity contribution is 0.0949. The van der Waals surface area contributed by atoms with Crippen molar-refractivity contribution in [1.29, 1.82) is 0 Å². The molecule has 3 N–H and O–H groups in total. The number of nitrogens with one attached hydrogen (secondary N) is 3. The molecule has 0 spiro atoms. The number of halogens is 2. The zero-order chi connectivity index (χ0) is 24.0. The number of pyridine rings is 1. The van der Waals surface area contributed by atoms with Gasteiger partial charge in [0.25, 0.3) is 11.5 Å². The van der Waals surface area contributed by atoms with Crippen molar-refractivity contribution in [3.8, 4) is 5.82 Å². The maximum absolute atomic E-state index is 14.4. The smallest absolute Gasteiger partial charge is 0.280 e. The molecule has 0 aliphatic heterocycles. The molecule has 4 heterocycles. The van der Waals surface area contributed by atoms with Gasteiger partial charge in [-0.2, -0.15) is 14.7 Å². The number of aromatic nitrogens is 6. The maximum Gasteiger partial charge on any atom is 0.280 e. The third kappa shape index (κ3) is 3.91. The molecule has 4 aromatic heterocycles. The molecule has 0 radical (unpaired) electrons. The zero-order valence-corrected chi connectivity index (χ0v) is 18.1. The van der Waals surface area contributed by atoms with Crippen LogP contribution in [0, 0.1) is 12.7 Å². The molecule has 1 saturated carbocycles. The van der Waals surface area contributed by atoms with E-state index in [2.05, 4.69) is 36.2 Å². The van der Waals surface area contributed by atoms with E-state index in [0.29, 0.717) is 11.5 Å². The summed E-state index contributed by atoms with van der Waals surface area (Å²) in [6.07, 6.45) is 1.54.